The fourth-order valence-corrected chi connectivity index (χ4v) is 4.61. The number of halogens is 1. The van der Waals surface area contributed by atoms with Gasteiger partial charge in [-0.3, -0.25) is 9.59 Å². The Morgan fingerprint density at radius 2 is 1.97 bits per heavy atom. The molecule has 1 saturated carbocycles. The fraction of sp³-hybridized carbons (Fsp3) is 0.360. The van der Waals surface area contributed by atoms with Gasteiger partial charge in [0.25, 0.3) is 5.91 Å². The van der Waals surface area contributed by atoms with Gasteiger partial charge in [0.15, 0.2) is 11.3 Å². The Labute approximate surface area is 185 Å². The van der Waals surface area contributed by atoms with E-state index in [4.69, 9.17) is 9.15 Å². The predicted octanol–water partition coefficient (Wildman–Crippen LogP) is 4.42. The van der Waals surface area contributed by atoms with Crippen molar-refractivity contribution in [3.05, 3.63) is 65.7 Å². The van der Waals surface area contributed by atoms with Crippen LogP contribution in [0.25, 0.3) is 11.0 Å². The van der Waals surface area contributed by atoms with Crippen molar-refractivity contribution in [3.8, 4) is 5.75 Å². The van der Waals surface area contributed by atoms with Crippen LogP contribution < -0.4 is 10.1 Å². The maximum Gasteiger partial charge on any atom is 0.294 e. The minimum atomic E-state index is -1.30. The molecule has 1 N–H and O–H groups in total. The lowest BCUT2D eigenvalue weighted by molar-refractivity contribution is -0.133. The summed E-state index contributed by atoms with van der Waals surface area (Å²) in [6.07, 6.45) is 3.99. The van der Waals surface area contributed by atoms with Gasteiger partial charge in [0.2, 0.25) is 11.7 Å². The molecular weight excluding hydrogens is 411 g/mol. The molecule has 0 bridgehead atoms. The Kier molecular flexibility index (Phi) is 5.12. The van der Waals surface area contributed by atoms with E-state index >= 15 is 0 Å². The fourth-order valence-electron chi connectivity index (χ4n) is 4.61. The molecule has 2 aliphatic rings. The second-order valence-corrected chi connectivity index (χ2v) is 8.80. The summed E-state index contributed by atoms with van der Waals surface area (Å²) in [6.45, 7) is 1.71. The van der Waals surface area contributed by atoms with Crippen LogP contribution in [0.2, 0.25) is 0 Å². The van der Waals surface area contributed by atoms with E-state index in [-0.39, 0.29) is 30.9 Å². The van der Waals surface area contributed by atoms with Gasteiger partial charge in [0.05, 0.1) is 5.39 Å². The van der Waals surface area contributed by atoms with E-state index in [1.165, 1.54) is 17.0 Å². The quantitative estimate of drug-likeness (QED) is 0.657. The Balaban J connectivity index is 1.56. The van der Waals surface area contributed by atoms with Gasteiger partial charge in [-0.2, -0.15) is 0 Å². The predicted molar refractivity (Wildman–Crippen MR) is 117 cm³/mol. The first kappa shape index (κ1) is 20.5. The van der Waals surface area contributed by atoms with E-state index in [0.717, 1.165) is 25.7 Å². The van der Waals surface area contributed by atoms with Gasteiger partial charge in [-0.15, -0.1) is 0 Å². The zero-order chi connectivity index (χ0) is 22.3. The zero-order valence-electron chi connectivity index (χ0n) is 17.9. The van der Waals surface area contributed by atoms with Crippen LogP contribution in [0.15, 0.2) is 52.9 Å². The van der Waals surface area contributed by atoms with Crippen LogP contribution in [0, 0.1) is 5.82 Å². The molecule has 166 valence electrons. The highest BCUT2D eigenvalue weighted by atomic mass is 19.1. The number of nitrogens with one attached hydrogen (secondary N) is 1. The summed E-state index contributed by atoms with van der Waals surface area (Å²) in [5.41, 5.74) is -0.178. The molecule has 2 aromatic carbocycles. The van der Waals surface area contributed by atoms with Crippen LogP contribution in [-0.4, -0.2) is 34.9 Å². The Hall–Kier alpha value is -3.35. The van der Waals surface area contributed by atoms with E-state index in [2.05, 4.69) is 5.32 Å². The highest BCUT2D eigenvalue weighted by Gasteiger charge is 2.48. The third kappa shape index (κ3) is 3.51. The number of carbonyl (C=O) groups excluding carboxylic acids is 2. The molecule has 0 radical (unpaired) electrons. The summed E-state index contributed by atoms with van der Waals surface area (Å²) >= 11 is 0. The monoisotopic (exact) mass is 436 g/mol. The van der Waals surface area contributed by atoms with E-state index < -0.39 is 17.3 Å². The number of fused-ring (bicyclic) bond motifs is 3. The molecule has 1 aromatic heterocycles. The average Bonchev–Trinajstić information content (AvgIpc) is 3.41. The molecular formula is C25H25FN2O4. The second-order valence-electron chi connectivity index (χ2n) is 8.80. The highest BCUT2D eigenvalue weighted by Crippen LogP contribution is 2.39. The minimum Gasteiger partial charge on any atom is -0.486 e. The van der Waals surface area contributed by atoms with E-state index in [9.17, 15) is 14.0 Å². The highest BCUT2D eigenvalue weighted by molar-refractivity contribution is 6.04. The number of ether oxygens (including phenoxy) is 1. The molecule has 1 unspecified atom stereocenters. The van der Waals surface area contributed by atoms with Crippen LogP contribution in [-0.2, 0) is 11.3 Å². The standard InChI is InChI=1S/C25H25FN2O4/c1-25(24(30)27-18-9-2-3-10-18)15-31-21-19-11-4-5-12-20(19)32-22(21)23(29)28(25)14-16-7-6-8-17(26)13-16/h4-8,11-13,18H,2-3,9-10,14-15H2,1H3,(H,27,30). The summed E-state index contributed by atoms with van der Waals surface area (Å²) < 4.78 is 25.8. The maximum absolute atomic E-state index is 13.9. The Bertz CT molecular complexity index is 1180. The first-order chi connectivity index (χ1) is 15.5. The third-order valence-electron chi connectivity index (χ3n) is 6.49. The topological polar surface area (TPSA) is 71.8 Å². The molecule has 3 aromatic rings. The van der Waals surface area contributed by atoms with Crippen molar-refractivity contribution >= 4 is 22.8 Å². The summed E-state index contributed by atoms with van der Waals surface area (Å²) in [4.78, 5) is 28.7. The first-order valence-electron chi connectivity index (χ1n) is 11.0. The van der Waals surface area contributed by atoms with Gasteiger partial charge in [-0.05, 0) is 49.6 Å². The summed E-state index contributed by atoms with van der Waals surface area (Å²) in [7, 11) is 0. The van der Waals surface area contributed by atoms with Crippen molar-refractivity contribution in [1.82, 2.24) is 10.2 Å². The van der Waals surface area contributed by atoms with E-state index in [0.29, 0.717) is 22.3 Å². The molecule has 2 amide bonds. The van der Waals surface area contributed by atoms with Crippen molar-refractivity contribution in [1.29, 1.82) is 0 Å². The largest absolute Gasteiger partial charge is 0.486 e. The molecule has 0 spiro atoms. The van der Waals surface area contributed by atoms with Gasteiger partial charge in [0.1, 0.15) is 18.0 Å². The number of carbonyl (C=O) groups is 2. The lowest BCUT2D eigenvalue weighted by Crippen LogP contribution is -2.62. The number of rotatable bonds is 4. The van der Waals surface area contributed by atoms with Crippen molar-refractivity contribution in [2.45, 2.75) is 50.7 Å². The molecule has 0 saturated heterocycles. The van der Waals surface area contributed by atoms with E-state index in [1.807, 2.05) is 18.2 Å². The number of benzene rings is 2. The lowest BCUT2D eigenvalue weighted by Gasteiger charge is -2.38. The van der Waals surface area contributed by atoms with Crippen molar-refractivity contribution in [2.75, 3.05) is 6.61 Å². The molecule has 32 heavy (non-hydrogen) atoms. The molecule has 1 aliphatic heterocycles. The first-order valence-corrected chi connectivity index (χ1v) is 11.0. The minimum absolute atomic E-state index is 0.0386. The van der Waals surface area contributed by atoms with Gasteiger partial charge < -0.3 is 19.4 Å². The van der Waals surface area contributed by atoms with Crippen LogP contribution in [0.4, 0.5) is 4.39 Å². The van der Waals surface area contributed by atoms with Crippen LogP contribution in [0.3, 0.4) is 0 Å². The smallest absolute Gasteiger partial charge is 0.294 e. The average molecular weight is 436 g/mol. The van der Waals surface area contributed by atoms with E-state index in [1.54, 1.807) is 25.1 Å². The van der Waals surface area contributed by atoms with Gasteiger partial charge >= 0.3 is 0 Å². The number of amides is 2. The summed E-state index contributed by atoms with van der Waals surface area (Å²) in [5.74, 6) is -0.736. The summed E-state index contributed by atoms with van der Waals surface area (Å²) in [5, 5.41) is 3.79. The van der Waals surface area contributed by atoms with Crippen LogP contribution in [0.1, 0.15) is 48.7 Å². The molecule has 1 fully saturated rings. The normalized spacial score (nSPS) is 21.3. The van der Waals surface area contributed by atoms with Crippen molar-refractivity contribution in [3.63, 3.8) is 0 Å². The van der Waals surface area contributed by atoms with Gasteiger partial charge in [-0.25, -0.2) is 4.39 Å². The van der Waals surface area contributed by atoms with Gasteiger partial charge in [-0.1, -0.05) is 37.1 Å². The van der Waals surface area contributed by atoms with Crippen LogP contribution in [0.5, 0.6) is 5.75 Å². The number of hydrogen-bond acceptors (Lipinski definition) is 4. The number of nitrogens with zero attached hydrogens (tertiary/aromatic N) is 1. The molecule has 6 nitrogen and oxygen atoms in total. The zero-order valence-corrected chi connectivity index (χ0v) is 17.9. The van der Waals surface area contributed by atoms with Crippen molar-refractivity contribution < 1.29 is 23.1 Å². The third-order valence-corrected chi connectivity index (χ3v) is 6.49. The number of para-hydroxylation sites is 1. The van der Waals surface area contributed by atoms with Gasteiger partial charge in [0, 0.05) is 12.6 Å². The Morgan fingerprint density at radius 3 is 2.75 bits per heavy atom. The molecule has 2 heterocycles. The SMILES string of the molecule is CC1(C(=O)NC2CCCC2)COc2c(oc3ccccc23)C(=O)N1Cc1cccc(F)c1. The number of furan rings is 1. The molecule has 1 aliphatic carbocycles. The molecule has 1 atom stereocenters. The van der Waals surface area contributed by atoms with Crippen LogP contribution >= 0.6 is 0 Å². The second kappa shape index (κ2) is 7.97. The number of hydrogen-bond donors (Lipinski definition) is 1. The molecule has 7 heteroatoms. The molecule has 5 rings (SSSR count). The summed E-state index contributed by atoms with van der Waals surface area (Å²) in [6, 6.07) is 13.4. The Morgan fingerprint density at radius 1 is 1.19 bits per heavy atom. The maximum atomic E-state index is 13.9. The van der Waals surface area contributed by atoms with Crippen molar-refractivity contribution in [2.24, 2.45) is 0 Å². The lowest BCUT2D eigenvalue weighted by atomic mass is 9.97.